The van der Waals surface area contributed by atoms with Gasteiger partial charge < -0.3 is 4.74 Å². The van der Waals surface area contributed by atoms with Crippen molar-refractivity contribution in [3.63, 3.8) is 0 Å². The first-order valence-corrected chi connectivity index (χ1v) is 6.17. The molecular weight excluding hydrogens is 210 g/mol. The molecule has 0 aliphatic heterocycles. The van der Waals surface area contributed by atoms with Crippen molar-refractivity contribution >= 4 is 6.72 Å². The molecule has 1 rings (SSSR count). The van der Waals surface area contributed by atoms with Crippen LogP contribution in [0.25, 0.3) is 0 Å². The zero-order chi connectivity index (χ0) is 13.4. The van der Waals surface area contributed by atoms with Crippen LogP contribution in [0.2, 0.25) is 0 Å². The third kappa shape index (κ3) is 1.61. The maximum atomic E-state index is 5.87. The molecule has 96 valence electrons. The molecule has 0 heterocycles. The van der Waals surface area contributed by atoms with Crippen molar-refractivity contribution in [3.05, 3.63) is 24.8 Å². The van der Waals surface area contributed by atoms with Crippen molar-refractivity contribution in [1.82, 2.24) is 0 Å². The number of nitrogens with zero attached hydrogens (tertiary/aromatic N) is 1. The van der Waals surface area contributed by atoms with E-state index in [2.05, 4.69) is 52.6 Å². The lowest BCUT2D eigenvalue weighted by atomic mass is 9.86. The van der Waals surface area contributed by atoms with Crippen LogP contribution in [0.3, 0.4) is 0 Å². The summed E-state index contributed by atoms with van der Waals surface area (Å²) in [6.45, 7) is 20.4. The van der Waals surface area contributed by atoms with Crippen molar-refractivity contribution in [2.75, 3.05) is 7.11 Å². The number of hydrogen-bond donors (Lipinski definition) is 0. The zero-order valence-electron chi connectivity index (χ0n) is 11.8. The van der Waals surface area contributed by atoms with Crippen LogP contribution >= 0.6 is 0 Å². The fourth-order valence-electron chi connectivity index (χ4n) is 3.30. The minimum atomic E-state index is -0.284. The van der Waals surface area contributed by atoms with E-state index in [4.69, 9.17) is 4.74 Å². The molecule has 0 aromatic rings. The highest BCUT2D eigenvalue weighted by Crippen LogP contribution is 2.66. The zero-order valence-corrected chi connectivity index (χ0v) is 11.8. The van der Waals surface area contributed by atoms with Crippen LogP contribution in [0.5, 0.6) is 0 Å². The maximum Gasteiger partial charge on any atom is 0.105 e. The second-order valence-electron chi connectivity index (χ2n) is 5.55. The van der Waals surface area contributed by atoms with Crippen molar-refractivity contribution in [3.8, 4) is 0 Å². The van der Waals surface area contributed by atoms with Gasteiger partial charge in [-0.25, -0.2) is 0 Å². The summed E-state index contributed by atoms with van der Waals surface area (Å²) < 4.78 is 5.87. The Kier molecular flexibility index (Phi) is 3.68. The van der Waals surface area contributed by atoms with E-state index >= 15 is 0 Å². The lowest BCUT2D eigenvalue weighted by molar-refractivity contribution is -0.00510. The monoisotopic (exact) mass is 235 g/mol. The molecule has 1 saturated carbocycles. The van der Waals surface area contributed by atoms with Gasteiger partial charge >= 0.3 is 0 Å². The average Bonchev–Trinajstić information content (AvgIpc) is 2.88. The van der Waals surface area contributed by atoms with Crippen LogP contribution in [0.4, 0.5) is 0 Å². The molecule has 1 fully saturated rings. The van der Waals surface area contributed by atoms with Crippen molar-refractivity contribution in [2.45, 2.75) is 38.8 Å². The van der Waals surface area contributed by atoms with Gasteiger partial charge in [-0.3, -0.25) is 4.99 Å². The van der Waals surface area contributed by atoms with E-state index in [0.717, 1.165) is 5.57 Å². The summed E-state index contributed by atoms with van der Waals surface area (Å²) in [5.74, 6) is 1.11. The van der Waals surface area contributed by atoms with Crippen LogP contribution < -0.4 is 0 Å². The molecule has 1 aliphatic carbocycles. The van der Waals surface area contributed by atoms with Gasteiger partial charge in [0.1, 0.15) is 5.60 Å². The van der Waals surface area contributed by atoms with Gasteiger partial charge in [0.2, 0.25) is 0 Å². The van der Waals surface area contributed by atoms with E-state index < -0.39 is 0 Å². The molecular formula is C15H25NO. The minimum Gasteiger partial charge on any atom is -0.375 e. The van der Waals surface area contributed by atoms with Crippen LogP contribution in [-0.4, -0.2) is 25.0 Å². The van der Waals surface area contributed by atoms with Gasteiger partial charge in [-0.05, 0) is 31.1 Å². The number of ether oxygens (including phenoxy) is 1. The van der Waals surface area contributed by atoms with E-state index in [-0.39, 0.29) is 17.1 Å². The maximum absolute atomic E-state index is 5.87. The van der Waals surface area contributed by atoms with Crippen molar-refractivity contribution < 1.29 is 4.74 Å². The van der Waals surface area contributed by atoms with Gasteiger partial charge in [0.15, 0.2) is 0 Å². The van der Waals surface area contributed by atoms with E-state index in [1.807, 2.05) is 6.08 Å². The van der Waals surface area contributed by atoms with Crippen molar-refractivity contribution in [2.24, 2.45) is 22.7 Å². The first-order chi connectivity index (χ1) is 7.83. The largest absolute Gasteiger partial charge is 0.375 e. The molecule has 0 amide bonds. The summed E-state index contributed by atoms with van der Waals surface area (Å²) in [5, 5.41) is 0. The summed E-state index contributed by atoms with van der Waals surface area (Å²) in [6, 6.07) is 0. The Hall–Kier alpha value is -0.890. The molecule has 0 spiro atoms. The lowest BCUT2D eigenvalue weighted by Crippen LogP contribution is -2.35. The Morgan fingerprint density at radius 2 is 1.94 bits per heavy atom. The molecule has 0 radical (unpaired) electrons. The standard InChI is InChI=1S/C15H25NO/c1-9-11(4)13-14(6,16-7)15(13,17-8)12(5)10(2)3/h9-10,12-13H,1,4,7H2,2-3,5-6,8H3. The molecule has 2 nitrogen and oxygen atoms in total. The molecule has 0 aromatic heterocycles. The Morgan fingerprint density at radius 3 is 2.24 bits per heavy atom. The first-order valence-electron chi connectivity index (χ1n) is 6.17. The van der Waals surface area contributed by atoms with Crippen LogP contribution in [0, 0.1) is 17.8 Å². The molecule has 0 N–H and O–H groups in total. The summed E-state index contributed by atoms with van der Waals surface area (Å²) in [6.07, 6.45) is 1.81. The summed E-state index contributed by atoms with van der Waals surface area (Å²) in [5.41, 5.74) is 0.430. The molecule has 0 aromatic carbocycles. The third-order valence-electron chi connectivity index (χ3n) is 4.67. The normalized spacial score (nSPS) is 37.6. The third-order valence-corrected chi connectivity index (χ3v) is 4.67. The number of rotatable bonds is 6. The molecule has 4 unspecified atom stereocenters. The van der Waals surface area contributed by atoms with Gasteiger partial charge in [0, 0.05) is 13.0 Å². The fraction of sp³-hybridized carbons (Fsp3) is 0.667. The fourth-order valence-corrected chi connectivity index (χ4v) is 3.30. The van der Waals surface area contributed by atoms with Gasteiger partial charge in [-0.1, -0.05) is 40.0 Å². The van der Waals surface area contributed by atoms with Gasteiger partial charge in [0.25, 0.3) is 0 Å². The summed E-state index contributed by atoms with van der Waals surface area (Å²) in [4.78, 5) is 4.33. The molecule has 0 saturated heterocycles. The molecule has 1 aliphatic rings. The quantitative estimate of drug-likeness (QED) is 0.510. The predicted octanol–water partition coefficient (Wildman–Crippen LogP) is 3.50. The predicted molar refractivity (Wildman–Crippen MR) is 74.5 cm³/mol. The second-order valence-corrected chi connectivity index (χ2v) is 5.55. The van der Waals surface area contributed by atoms with Gasteiger partial charge in [-0.2, -0.15) is 0 Å². The van der Waals surface area contributed by atoms with Gasteiger partial charge in [-0.15, -0.1) is 0 Å². The van der Waals surface area contributed by atoms with E-state index in [0.29, 0.717) is 11.8 Å². The number of aliphatic imine (C=N–C) groups is 1. The molecule has 0 bridgehead atoms. The number of hydrogen-bond acceptors (Lipinski definition) is 2. The topological polar surface area (TPSA) is 21.6 Å². The number of methoxy groups -OCH3 is 1. The molecule has 17 heavy (non-hydrogen) atoms. The minimum absolute atomic E-state index is 0.187. The molecule has 4 atom stereocenters. The van der Waals surface area contributed by atoms with Crippen LogP contribution in [0.15, 0.2) is 29.8 Å². The Labute approximate surface area is 105 Å². The second kappa shape index (κ2) is 4.41. The van der Waals surface area contributed by atoms with Gasteiger partial charge in [0.05, 0.1) is 5.54 Å². The highest BCUT2D eigenvalue weighted by molar-refractivity contribution is 5.46. The van der Waals surface area contributed by atoms with Crippen LogP contribution in [-0.2, 0) is 4.74 Å². The highest BCUT2D eigenvalue weighted by Gasteiger charge is 2.77. The Bertz CT molecular complexity index is 347. The van der Waals surface area contributed by atoms with E-state index in [9.17, 15) is 0 Å². The van der Waals surface area contributed by atoms with Crippen molar-refractivity contribution in [1.29, 1.82) is 0 Å². The first kappa shape index (κ1) is 14.2. The summed E-state index contributed by atoms with van der Waals surface area (Å²) in [7, 11) is 1.76. The highest BCUT2D eigenvalue weighted by atomic mass is 16.5. The van der Waals surface area contributed by atoms with E-state index in [1.54, 1.807) is 7.11 Å². The Balaban J connectivity index is 3.20. The lowest BCUT2D eigenvalue weighted by Gasteiger charge is -2.29. The smallest absolute Gasteiger partial charge is 0.105 e. The SMILES string of the molecule is C=CC(=C)C1C(C)(N=C)C1(OC)C(C)C(C)C. The van der Waals surface area contributed by atoms with Crippen LogP contribution in [0.1, 0.15) is 27.7 Å². The number of allylic oxidation sites excluding steroid dienone is 1. The molecule has 2 heteroatoms. The average molecular weight is 235 g/mol. The summed E-state index contributed by atoms with van der Waals surface area (Å²) >= 11 is 0. The Morgan fingerprint density at radius 1 is 1.41 bits per heavy atom. The van der Waals surface area contributed by atoms with E-state index in [1.165, 1.54) is 0 Å².